The van der Waals surface area contributed by atoms with Crippen LogP contribution in [0.1, 0.15) is 88.4 Å². The lowest BCUT2D eigenvalue weighted by molar-refractivity contribution is -0.386. The zero-order chi connectivity index (χ0) is 35.1. The summed E-state index contributed by atoms with van der Waals surface area (Å²) in [5, 5.41) is 26.2. The number of unbranched alkanes of at least 4 members (excludes halogenated alkanes) is 3. The number of hydrogen-bond donors (Lipinski definition) is 7. The second-order valence-corrected chi connectivity index (χ2v) is 13.4. The van der Waals surface area contributed by atoms with Crippen LogP contribution in [0.15, 0.2) is 18.2 Å². The van der Waals surface area contributed by atoms with Crippen LogP contribution in [0.25, 0.3) is 0 Å². The highest BCUT2D eigenvalue weighted by Gasteiger charge is 2.42. The number of urea groups is 1. The lowest BCUT2D eigenvalue weighted by Gasteiger charge is -2.16. The fourth-order valence-electron chi connectivity index (χ4n) is 5.59. The summed E-state index contributed by atoms with van der Waals surface area (Å²) in [6.07, 6.45) is 4.59. The topological polar surface area (TPSA) is 250 Å². The van der Waals surface area contributed by atoms with Crippen molar-refractivity contribution in [2.24, 2.45) is 11.5 Å². The lowest BCUT2D eigenvalue weighted by atomic mass is 10.0. The van der Waals surface area contributed by atoms with Crippen molar-refractivity contribution in [2.45, 2.75) is 107 Å². The van der Waals surface area contributed by atoms with E-state index in [9.17, 15) is 34.1 Å². The summed E-state index contributed by atoms with van der Waals surface area (Å²) < 4.78 is 5.32. The Morgan fingerprint density at radius 2 is 1.73 bits per heavy atom. The number of alkyl carbamates (subject to hydrolysis) is 1. The van der Waals surface area contributed by atoms with Crippen molar-refractivity contribution in [3.8, 4) is 0 Å². The number of benzene rings is 1. The Labute approximate surface area is 284 Å². The number of amides is 6. The highest BCUT2D eigenvalue weighted by atomic mass is 32.2. The van der Waals surface area contributed by atoms with Crippen LogP contribution in [0, 0.1) is 10.1 Å². The van der Waals surface area contributed by atoms with Gasteiger partial charge in [-0.25, -0.2) is 9.59 Å². The number of ether oxygens (including phenoxy) is 1. The first-order chi connectivity index (χ1) is 22.9. The van der Waals surface area contributed by atoms with Crippen LogP contribution in [0.5, 0.6) is 0 Å². The maximum atomic E-state index is 12.4. The Balaban J connectivity index is 1.27. The average Bonchev–Trinajstić information content (AvgIpc) is 3.60. The molecule has 16 nitrogen and oxygen atoms in total. The number of nitrogens with two attached hydrogens (primary N) is 2. The normalized spacial score (nSPS) is 19.3. The van der Waals surface area contributed by atoms with Crippen LogP contribution in [0.3, 0.4) is 0 Å². The van der Waals surface area contributed by atoms with Crippen molar-refractivity contribution in [1.82, 2.24) is 26.6 Å². The molecule has 2 saturated heterocycles. The lowest BCUT2D eigenvalue weighted by Crippen LogP contribution is -2.37. The van der Waals surface area contributed by atoms with Gasteiger partial charge in [-0.2, -0.15) is 11.8 Å². The number of primary amides is 1. The minimum Gasteiger partial charge on any atom is -0.441 e. The number of carbonyl (C=O) groups is 5. The molecule has 1 aromatic carbocycles. The zero-order valence-corrected chi connectivity index (χ0v) is 28.1. The molecule has 0 saturated carbocycles. The van der Waals surface area contributed by atoms with E-state index in [1.165, 1.54) is 25.1 Å². The van der Waals surface area contributed by atoms with Crippen molar-refractivity contribution in [1.29, 1.82) is 0 Å². The summed E-state index contributed by atoms with van der Waals surface area (Å²) >= 11 is 1.87. The first kappa shape index (κ1) is 38.3. The standard InChI is InChI=1S/C31H48N8O8S/c1-19(47-31(44)35-15-7-8-22(32)29(33)42)21-16-20(12-13-24(21)39(45)46)17-36-27(41)10-3-2-6-14-34-26(40)11-5-4-9-25-28-23(18-48-25)37-30(43)38-28/h12-13,16,19,22-23,25,28H,2-11,14-15,17-18,32H2,1H3,(H2,33,42)(H,34,40)(H,35,44)(H,36,41)(H2,37,38,43). The summed E-state index contributed by atoms with van der Waals surface area (Å²) in [5.74, 6) is 0.142. The van der Waals surface area contributed by atoms with Gasteiger partial charge < -0.3 is 42.8 Å². The monoisotopic (exact) mass is 692 g/mol. The number of nitro benzene ring substituents is 1. The van der Waals surface area contributed by atoms with Crippen molar-refractivity contribution in [3.05, 3.63) is 39.4 Å². The molecule has 2 aliphatic heterocycles. The van der Waals surface area contributed by atoms with Gasteiger partial charge in [0.15, 0.2) is 0 Å². The smallest absolute Gasteiger partial charge is 0.407 e. The highest BCUT2D eigenvalue weighted by molar-refractivity contribution is 8.00. The van der Waals surface area contributed by atoms with Gasteiger partial charge in [0, 0.05) is 49.5 Å². The van der Waals surface area contributed by atoms with Crippen molar-refractivity contribution >= 4 is 47.3 Å². The Kier molecular flexibility index (Phi) is 15.7. The predicted molar refractivity (Wildman–Crippen MR) is 180 cm³/mol. The zero-order valence-electron chi connectivity index (χ0n) is 27.3. The minimum absolute atomic E-state index is 0.0191. The van der Waals surface area contributed by atoms with E-state index in [-0.39, 0.29) is 60.7 Å². The van der Waals surface area contributed by atoms with E-state index in [0.717, 1.165) is 37.9 Å². The maximum Gasteiger partial charge on any atom is 0.407 e. The summed E-state index contributed by atoms with van der Waals surface area (Å²) in [7, 11) is 0. The SMILES string of the molecule is CC(OC(=O)NCCCC(N)C(N)=O)c1cc(CNC(=O)CCCCCNC(=O)CCCCC2SCC3NC(=O)NC32)ccc1[N+](=O)[O-]. The average molecular weight is 693 g/mol. The van der Waals surface area contributed by atoms with E-state index in [1.807, 2.05) is 11.8 Å². The molecule has 0 spiro atoms. The molecule has 0 bridgehead atoms. The summed E-state index contributed by atoms with van der Waals surface area (Å²) in [5.41, 5.74) is 11.2. The van der Waals surface area contributed by atoms with E-state index in [2.05, 4.69) is 26.6 Å². The van der Waals surface area contributed by atoms with Gasteiger partial charge in [0.05, 0.1) is 28.6 Å². The minimum atomic E-state index is -0.950. The second-order valence-electron chi connectivity index (χ2n) is 12.1. The molecule has 9 N–H and O–H groups in total. The third kappa shape index (κ3) is 12.8. The fraction of sp³-hybridized carbons (Fsp3) is 0.645. The highest BCUT2D eigenvalue weighted by Crippen LogP contribution is 2.33. The molecular formula is C31H48N8O8S. The third-order valence-corrected chi connectivity index (χ3v) is 9.82. The number of nitrogens with one attached hydrogen (secondary N) is 5. The molecule has 3 rings (SSSR count). The number of nitrogens with zero attached hydrogens (tertiary/aromatic N) is 1. The quantitative estimate of drug-likeness (QED) is 0.0427. The molecule has 1 aromatic rings. The van der Waals surface area contributed by atoms with Gasteiger partial charge in [0.25, 0.3) is 5.69 Å². The number of rotatable bonds is 21. The fourth-order valence-corrected chi connectivity index (χ4v) is 7.14. The van der Waals surface area contributed by atoms with E-state index in [4.69, 9.17) is 16.2 Å². The molecule has 0 aromatic heterocycles. The molecule has 0 radical (unpaired) electrons. The van der Waals surface area contributed by atoms with Crippen LogP contribution in [-0.2, 0) is 25.7 Å². The van der Waals surface area contributed by atoms with Gasteiger partial charge in [0.2, 0.25) is 17.7 Å². The Morgan fingerprint density at radius 3 is 2.46 bits per heavy atom. The predicted octanol–water partition coefficient (Wildman–Crippen LogP) is 1.99. The third-order valence-electron chi connectivity index (χ3n) is 8.31. The second kappa shape index (κ2) is 19.6. The van der Waals surface area contributed by atoms with Gasteiger partial charge in [-0.1, -0.05) is 18.9 Å². The van der Waals surface area contributed by atoms with E-state index in [0.29, 0.717) is 43.0 Å². The molecule has 17 heteroatoms. The number of fused-ring (bicyclic) bond motifs is 1. The van der Waals surface area contributed by atoms with Crippen LogP contribution in [0.2, 0.25) is 0 Å². The Morgan fingerprint density at radius 1 is 1.02 bits per heavy atom. The molecule has 5 unspecified atom stereocenters. The molecule has 266 valence electrons. The van der Waals surface area contributed by atoms with E-state index in [1.54, 1.807) is 0 Å². The first-order valence-corrected chi connectivity index (χ1v) is 17.5. The molecule has 2 heterocycles. The number of carbonyl (C=O) groups excluding carboxylic acids is 5. The van der Waals surface area contributed by atoms with Crippen LogP contribution < -0.4 is 38.1 Å². The van der Waals surface area contributed by atoms with Crippen LogP contribution in [0.4, 0.5) is 15.3 Å². The van der Waals surface area contributed by atoms with Crippen molar-refractivity contribution in [3.63, 3.8) is 0 Å². The summed E-state index contributed by atoms with van der Waals surface area (Å²) in [6, 6.07) is 3.87. The van der Waals surface area contributed by atoms with Crippen LogP contribution >= 0.6 is 11.8 Å². The van der Waals surface area contributed by atoms with E-state index >= 15 is 0 Å². The number of thioether (sulfide) groups is 1. The Bertz CT molecular complexity index is 1300. The van der Waals surface area contributed by atoms with Gasteiger partial charge in [-0.05, 0) is 57.1 Å². The first-order valence-electron chi connectivity index (χ1n) is 16.4. The van der Waals surface area contributed by atoms with Gasteiger partial charge >= 0.3 is 12.1 Å². The Hall–Kier alpha value is -4.12. The molecule has 6 amide bonds. The number of nitro groups is 1. The largest absolute Gasteiger partial charge is 0.441 e. The molecule has 2 aliphatic rings. The van der Waals surface area contributed by atoms with Crippen molar-refractivity contribution in [2.75, 3.05) is 18.8 Å². The molecule has 5 atom stereocenters. The maximum absolute atomic E-state index is 12.4. The molecule has 2 fully saturated rings. The number of hydrogen-bond acceptors (Lipinski definition) is 10. The van der Waals surface area contributed by atoms with Crippen molar-refractivity contribution < 1.29 is 33.6 Å². The molecular weight excluding hydrogens is 644 g/mol. The van der Waals surface area contributed by atoms with Gasteiger partial charge in [-0.3, -0.25) is 24.5 Å². The summed E-state index contributed by atoms with van der Waals surface area (Å²) in [4.78, 5) is 70.3. The van der Waals surface area contributed by atoms with E-state index < -0.39 is 29.1 Å². The van der Waals surface area contributed by atoms with Gasteiger partial charge in [-0.15, -0.1) is 0 Å². The molecule has 48 heavy (non-hydrogen) atoms. The molecule has 0 aliphatic carbocycles. The van der Waals surface area contributed by atoms with Crippen LogP contribution in [-0.4, -0.2) is 77.0 Å². The van der Waals surface area contributed by atoms with Gasteiger partial charge in [0.1, 0.15) is 6.10 Å². The summed E-state index contributed by atoms with van der Waals surface area (Å²) in [6.45, 7) is 2.38.